The van der Waals surface area contributed by atoms with Crippen LogP contribution < -0.4 is 32.1 Å². The number of piperidine rings is 1. The van der Waals surface area contributed by atoms with Crippen LogP contribution in [-0.4, -0.2) is 128 Å². The average Bonchev–Trinajstić information content (AvgIpc) is 3.64. The van der Waals surface area contributed by atoms with Crippen LogP contribution in [0.2, 0.25) is 0 Å². The summed E-state index contributed by atoms with van der Waals surface area (Å²) in [6.45, 7) is 11.7. The molecule has 12 heteroatoms. The third kappa shape index (κ3) is 5.74. The maximum atomic E-state index is 6.59. The van der Waals surface area contributed by atoms with E-state index in [1.165, 1.54) is 11.4 Å². The normalized spacial score (nSPS) is 41.8. The van der Waals surface area contributed by atoms with Crippen molar-refractivity contribution in [2.45, 2.75) is 75.6 Å². The number of piperazine rings is 1. The van der Waals surface area contributed by atoms with E-state index in [4.69, 9.17) is 4.74 Å². The summed E-state index contributed by atoms with van der Waals surface area (Å²) in [5.41, 5.74) is 10.4. The highest BCUT2D eigenvalue weighted by atomic mass is 16.5. The molecular formula is C29H53N11O. The van der Waals surface area contributed by atoms with Gasteiger partial charge in [0.25, 0.3) is 0 Å². The highest BCUT2D eigenvalue weighted by Gasteiger charge is 2.48. The molecule has 7 heterocycles. The van der Waals surface area contributed by atoms with E-state index in [-0.39, 0.29) is 18.6 Å². The highest BCUT2D eigenvalue weighted by molar-refractivity contribution is 5.22. The number of aromatic nitrogens is 1. The van der Waals surface area contributed by atoms with Crippen LogP contribution in [0.25, 0.3) is 0 Å². The zero-order valence-electron chi connectivity index (χ0n) is 25.5. The van der Waals surface area contributed by atoms with Gasteiger partial charge in [-0.15, -0.1) is 0 Å². The smallest absolute Gasteiger partial charge is 0.129 e. The van der Waals surface area contributed by atoms with Gasteiger partial charge in [-0.05, 0) is 51.9 Å². The molecule has 9 atom stereocenters. The molecule has 6 N–H and O–H groups in total. The van der Waals surface area contributed by atoms with Crippen molar-refractivity contribution < 1.29 is 4.74 Å². The quantitative estimate of drug-likeness (QED) is 0.269. The van der Waals surface area contributed by atoms with Gasteiger partial charge in [0.05, 0.1) is 31.1 Å². The largest absolute Gasteiger partial charge is 0.361 e. The molecule has 0 aromatic carbocycles. The molecule has 6 fully saturated rings. The van der Waals surface area contributed by atoms with E-state index >= 15 is 0 Å². The molecular weight excluding hydrogens is 518 g/mol. The van der Waals surface area contributed by atoms with E-state index in [0.717, 1.165) is 78.2 Å². The SMILES string of the molecule is C[C@H]1CCOC2C(CNN2C)C2NCCC(NC3CC4C(CN3)C(c3ccc(CN5CCN(C)CC5)n3C)NN41)N2. The van der Waals surface area contributed by atoms with Crippen LogP contribution in [0, 0.1) is 11.8 Å². The van der Waals surface area contributed by atoms with Gasteiger partial charge in [-0.1, -0.05) is 0 Å². The lowest BCUT2D eigenvalue weighted by atomic mass is 9.85. The van der Waals surface area contributed by atoms with Crippen molar-refractivity contribution in [2.24, 2.45) is 18.9 Å². The second-order valence-corrected chi connectivity index (χ2v) is 13.5. The molecule has 0 amide bonds. The number of fused-ring (bicyclic) bond motifs is 5. The number of nitrogens with zero attached hydrogens (tertiary/aromatic N) is 5. The van der Waals surface area contributed by atoms with Gasteiger partial charge in [-0.3, -0.25) is 21.0 Å². The minimum atomic E-state index is 0.0562. The van der Waals surface area contributed by atoms with Crippen molar-refractivity contribution in [1.82, 2.24) is 56.5 Å². The van der Waals surface area contributed by atoms with Gasteiger partial charge < -0.3 is 24.8 Å². The molecule has 1 aromatic rings. The minimum Gasteiger partial charge on any atom is -0.361 e. The molecule has 230 valence electrons. The first-order chi connectivity index (χ1) is 19.9. The maximum absolute atomic E-state index is 6.59. The Labute approximate surface area is 245 Å². The topological polar surface area (TPSA) is 99.3 Å². The molecule has 6 saturated heterocycles. The Kier molecular flexibility index (Phi) is 8.43. The second kappa shape index (κ2) is 12.1. The fraction of sp³-hybridized carbons (Fsp3) is 0.862. The first kappa shape index (κ1) is 28.6. The van der Waals surface area contributed by atoms with Crippen molar-refractivity contribution in [3.8, 4) is 0 Å². The summed E-state index contributed by atoms with van der Waals surface area (Å²) in [6, 6.07) is 5.89. The summed E-state index contributed by atoms with van der Waals surface area (Å²) in [6.07, 6.45) is 4.03. The van der Waals surface area contributed by atoms with Crippen LogP contribution in [0.15, 0.2) is 12.1 Å². The molecule has 1 aromatic heterocycles. The summed E-state index contributed by atoms with van der Waals surface area (Å²) in [5, 5.41) is 20.2. The summed E-state index contributed by atoms with van der Waals surface area (Å²) in [4.78, 5) is 5.03. The predicted molar refractivity (Wildman–Crippen MR) is 159 cm³/mol. The van der Waals surface area contributed by atoms with Gasteiger partial charge in [0.2, 0.25) is 0 Å². The van der Waals surface area contributed by atoms with Crippen molar-refractivity contribution >= 4 is 0 Å². The lowest BCUT2D eigenvalue weighted by Gasteiger charge is -2.43. The Morgan fingerprint density at radius 3 is 2.63 bits per heavy atom. The zero-order chi connectivity index (χ0) is 28.1. The number of hydrogen-bond donors (Lipinski definition) is 6. The Morgan fingerprint density at radius 1 is 0.927 bits per heavy atom. The van der Waals surface area contributed by atoms with E-state index in [1.54, 1.807) is 0 Å². The van der Waals surface area contributed by atoms with Crippen molar-refractivity contribution in [3.05, 3.63) is 23.5 Å². The van der Waals surface area contributed by atoms with E-state index in [9.17, 15) is 0 Å². The van der Waals surface area contributed by atoms with Crippen LogP contribution in [-0.2, 0) is 18.3 Å². The fourth-order valence-electron chi connectivity index (χ4n) is 8.20. The molecule has 12 nitrogen and oxygen atoms in total. The second-order valence-electron chi connectivity index (χ2n) is 13.5. The van der Waals surface area contributed by atoms with E-state index in [1.807, 2.05) is 0 Å². The highest BCUT2D eigenvalue weighted by Crippen LogP contribution is 2.39. The van der Waals surface area contributed by atoms with E-state index in [0.29, 0.717) is 36.1 Å². The molecule has 0 spiro atoms. The first-order valence-electron chi connectivity index (χ1n) is 16.1. The number of likely N-dealkylation sites (N-methyl/N-ethyl adjacent to an activating group) is 1. The Hall–Kier alpha value is -1.16. The molecule has 6 aliphatic heterocycles. The Balaban J connectivity index is 1.10. The molecule has 4 bridgehead atoms. The van der Waals surface area contributed by atoms with Crippen molar-refractivity contribution in [1.29, 1.82) is 0 Å². The average molecular weight is 572 g/mol. The first-order valence-corrected chi connectivity index (χ1v) is 16.1. The fourth-order valence-corrected chi connectivity index (χ4v) is 8.20. The van der Waals surface area contributed by atoms with Crippen molar-refractivity contribution in [2.75, 3.05) is 66.5 Å². The zero-order valence-corrected chi connectivity index (χ0v) is 25.5. The molecule has 8 unspecified atom stereocenters. The predicted octanol–water partition coefficient (Wildman–Crippen LogP) is -1.04. The number of ether oxygens (including phenoxy) is 1. The lowest BCUT2D eigenvalue weighted by Crippen LogP contribution is -2.67. The summed E-state index contributed by atoms with van der Waals surface area (Å²) in [7, 11) is 6.61. The minimum absolute atomic E-state index is 0.0562. The molecule has 0 radical (unpaired) electrons. The summed E-state index contributed by atoms with van der Waals surface area (Å²) >= 11 is 0. The summed E-state index contributed by atoms with van der Waals surface area (Å²) < 4.78 is 9.06. The van der Waals surface area contributed by atoms with Gasteiger partial charge in [-0.2, -0.15) is 0 Å². The van der Waals surface area contributed by atoms with Gasteiger partial charge in [0.1, 0.15) is 6.23 Å². The van der Waals surface area contributed by atoms with Crippen LogP contribution in [0.3, 0.4) is 0 Å². The van der Waals surface area contributed by atoms with Crippen LogP contribution in [0.4, 0.5) is 0 Å². The standard InChI is InChI=1S/C29H53N11O/c1-19-8-14-41-29-22(17-32-38(29)4)28-30-9-7-25(34-28)33-26-15-24-21(16-31-26)27(35-40(19)24)23-6-5-20(37(23)3)18-39-12-10-36(2)11-13-39/h5-6,19,21-22,24-35H,7-18H2,1-4H3/t19-,21?,22?,24?,25?,26?,27?,28?,29?/m0/s1. The van der Waals surface area contributed by atoms with E-state index in [2.05, 4.69) is 96.7 Å². The maximum Gasteiger partial charge on any atom is 0.129 e. The van der Waals surface area contributed by atoms with Gasteiger partial charge in [-0.25, -0.2) is 15.4 Å². The van der Waals surface area contributed by atoms with Gasteiger partial charge >= 0.3 is 0 Å². The molecule has 6 aliphatic rings. The lowest BCUT2D eigenvalue weighted by molar-refractivity contribution is -0.0791. The molecule has 0 aliphatic carbocycles. The van der Waals surface area contributed by atoms with Gasteiger partial charge in [0.15, 0.2) is 0 Å². The van der Waals surface area contributed by atoms with Crippen LogP contribution in [0.5, 0.6) is 0 Å². The third-order valence-electron chi connectivity index (χ3n) is 10.8. The Bertz CT molecular complexity index is 1030. The summed E-state index contributed by atoms with van der Waals surface area (Å²) in [5.74, 6) is 0.864. The van der Waals surface area contributed by atoms with E-state index < -0.39 is 0 Å². The number of nitrogens with one attached hydrogen (secondary N) is 6. The van der Waals surface area contributed by atoms with Crippen molar-refractivity contribution in [3.63, 3.8) is 0 Å². The number of hydrazine groups is 2. The van der Waals surface area contributed by atoms with Crippen LogP contribution in [0.1, 0.15) is 43.6 Å². The third-order valence-corrected chi connectivity index (χ3v) is 10.8. The Morgan fingerprint density at radius 2 is 1.78 bits per heavy atom. The van der Waals surface area contributed by atoms with Gasteiger partial charge in [0, 0.05) is 95.2 Å². The monoisotopic (exact) mass is 571 g/mol. The molecule has 7 rings (SSSR count). The molecule has 41 heavy (non-hydrogen) atoms. The molecule has 0 saturated carbocycles. The number of hydrogen-bond acceptors (Lipinski definition) is 11. The van der Waals surface area contributed by atoms with Crippen LogP contribution >= 0.6 is 0 Å². The number of rotatable bonds is 3.